The van der Waals surface area contributed by atoms with Crippen LogP contribution in [0.1, 0.15) is 17.2 Å². The van der Waals surface area contributed by atoms with Gasteiger partial charge in [-0.2, -0.15) is 0 Å². The Morgan fingerprint density at radius 1 is 1.19 bits per heavy atom. The fraction of sp³-hybridized carbons (Fsp3) is 0.294. The van der Waals surface area contributed by atoms with Gasteiger partial charge in [-0.3, -0.25) is 0 Å². The molecular weight excluding hydrogens is 330 g/mol. The lowest BCUT2D eigenvalue weighted by atomic mass is 10.00. The minimum atomic E-state index is -0.562. The maximum Gasteiger partial charge on any atom is 0.122 e. The summed E-state index contributed by atoms with van der Waals surface area (Å²) in [5.74, 6) is 0.793. The molecule has 1 atom stereocenters. The molecule has 0 radical (unpaired) electrons. The van der Waals surface area contributed by atoms with Crippen molar-refractivity contribution in [1.82, 2.24) is 0 Å². The molecule has 21 heavy (non-hydrogen) atoms. The maximum absolute atomic E-state index is 10.5. The molecule has 3 nitrogen and oxygen atoms in total. The van der Waals surface area contributed by atoms with E-state index in [9.17, 15) is 5.11 Å². The van der Waals surface area contributed by atoms with E-state index in [2.05, 4.69) is 15.9 Å². The zero-order valence-corrected chi connectivity index (χ0v) is 14.1. The zero-order chi connectivity index (χ0) is 15.4. The van der Waals surface area contributed by atoms with Crippen molar-refractivity contribution < 1.29 is 9.84 Å². The predicted molar refractivity (Wildman–Crippen MR) is 90.1 cm³/mol. The molecule has 0 aromatic heterocycles. The highest BCUT2D eigenvalue weighted by Gasteiger charge is 2.13. The van der Waals surface area contributed by atoms with Crippen molar-refractivity contribution >= 4 is 21.6 Å². The van der Waals surface area contributed by atoms with Crippen LogP contribution >= 0.6 is 15.9 Å². The molecule has 2 aromatic rings. The molecule has 1 N–H and O–H groups in total. The fourth-order valence-corrected chi connectivity index (χ4v) is 2.65. The molecule has 0 saturated heterocycles. The van der Waals surface area contributed by atoms with Gasteiger partial charge in [0.2, 0.25) is 0 Å². The molecule has 0 fully saturated rings. The third-order valence-electron chi connectivity index (χ3n) is 3.43. The molecule has 0 amide bonds. The molecule has 0 aliphatic carbocycles. The average Bonchev–Trinajstić information content (AvgIpc) is 2.47. The largest absolute Gasteiger partial charge is 0.496 e. The van der Waals surface area contributed by atoms with Crippen molar-refractivity contribution in [2.24, 2.45) is 0 Å². The van der Waals surface area contributed by atoms with Crippen molar-refractivity contribution in [3.63, 3.8) is 0 Å². The topological polar surface area (TPSA) is 32.7 Å². The highest BCUT2D eigenvalue weighted by Crippen LogP contribution is 2.29. The minimum absolute atomic E-state index is 0.513. The van der Waals surface area contributed by atoms with Gasteiger partial charge in [-0.1, -0.05) is 28.1 Å². The smallest absolute Gasteiger partial charge is 0.122 e. The van der Waals surface area contributed by atoms with Crippen molar-refractivity contribution in [1.29, 1.82) is 0 Å². The van der Waals surface area contributed by atoms with Gasteiger partial charge in [0.05, 0.1) is 13.2 Å². The van der Waals surface area contributed by atoms with Crippen molar-refractivity contribution in [2.75, 3.05) is 26.1 Å². The Hall–Kier alpha value is -1.52. The third-order valence-corrected chi connectivity index (χ3v) is 3.92. The van der Waals surface area contributed by atoms with Gasteiger partial charge in [0.1, 0.15) is 5.75 Å². The van der Waals surface area contributed by atoms with E-state index in [1.165, 1.54) is 0 Å². The van der Waals surface area contributed by atoms with Crippen LogP contribution in [0.15, 0.2) is 46.9 Å². The standard InChI is InChI=1S/C17H20BrNO2/c1-19(2)15-6-4-5-12(10-15)16(20)11-13-9-14(18)7-8-17(13)21-3/h4-10,16,20H,11H2,1-3H3. The summed E-state index contributed by atoms with van der Waals surface area (Å²) < 4.78 is 6.34. The number of methoxy groups -OCH3 is 1. The summed E-state index contributed by atoms with van der Waals surface area (Å²) in [5, 5.41) is 10.5. The van der Waals surface area contributed by atoms with E-state index in [1.54, 1.807) is 7.11 Å². The van der Waals surface area contributed by atoms with Crippen molar-refractivity contribution in [3.05, 3.63) is 58.1 Å². The molecule has 0 saturated carbocycles. The lowest BCUT2D eigenvalue weighted by molar-refractivity contribution is 0.177. The highest BCUT2D eigenvalue weighted by molar-refractivity contribution is 9.10. The fourth-order valence-electron chi connectivity index (χ4n) is 2.24. The van der Waals surface area contributed by atoms with Gasteiger partial charge in [-0.05, 0) is 41.5 Å². The molecule has 112 valence electrons. The number of benzene rings is 2. The average molecular weight is 350 g/mol. The summed E-state index contributed by atoms with van der Waals surface area (Å²) in [5.41, 5.74) is 2.96. The first-order chi connectivity index (χ1) is 10.0. The van der Waals surface area contributed by atoms with Crippen molar-refractivity contribution in [2.45, 2.75) is 12.5 Å². The van der Waals surface area contributed by atoms with E-state index in [0.29, 0.717) is 6.42 Å². The first-order valence-electron chi connectivity index (χ1n) is 6.79. The quantitative estimate of drug-likeness (QED) is 0.890. The number of halogens is 1. The monoisotopic (exact) mass is 349 g/mol. The van der Waals surface area contributed by atoms with Gasteiger partial charge >= 0.3 is 0 Å². The van der Waals surface area contributed by atoms with Crippen molar-refractivity contribution in [3.8, 4) is 5.75 Å². The van der Waals surface area contributed by atoms with Crippen LogP contribution in [0.3, 0.4) is 0 Å². The van der Waals surface area contributed by atoms with Crippen LogP contribution in [-0.4, -0.2) is 26.3 Å². The Bertz CT molecular complexity index is 613. The Kier molecular flexibility index (Phi) is 5.26. The number of aliphatic hydroxyl groups excluding tert-OH is 1. The lowest BCUT2D eigenvalue weighted by Gasteiger charge is -2.17. The second kappa shape index (κ2) is 6.96. The Balaban J connectivity index is 2.23. The van der Waals surface area contributed by atoms with E-state index in [0.717, 1.165) is 27.0 Å². The highest BCUT2D eigenvalue weighted by atomic mass is 79.9. The van der Waals surface area contributed by atoms with Crippen LogP contribution < -0.4 is 9.64 Å². The summed E-state index contributed by atoms with van der Waals surface area (Å²) in [7, 11) is 5.62. The summed E-state index contributed by atoms with van der Waals surface area (Å²) in [6.07, 6.45) is -0.0486. The number of nitrogens with zero attached hydrogens (tertiary/aromatic N) is 1. The van der Waals surface area contributed by atoms with E-state index in [4.69, 9.17) is 4.74 Å². The van der Waals surface area contributed by atoms with Crippen LogP contribution in [0.2, 0.25) is 0 Å². The normalized spacial score (nSPS) is 12.0. The molecule has 2 aromatic carbocycles. The Morgan fingerprint density at radius 3 is 2.62 bits per heavy atom. The third kappa shape index (κ3) is 3.99. The summed E-state index contributed by atoms with van der Waals surface area (Å²) in [6, 6.07) is 13.8. The van der Waals surface area contributed by atoms with E-state index >= 15 is 0 Å². The van der Waals surface area contributed by atoms with Gasteiger partial charge in [0, 0.05) is 30.7 Å². The molecule has 0 aliphatic rings. The Morgan fingerprint density at radius 2 is 1.95 bits per heavy atom. The lowest BCUT2D eigenvalue weighted by Crippen LogP contribution is -2.10. The van der Waals surface area contributed by atoms with E-state index in [-0.39, 0.29) is 0 Å². The first-order valence-corrected chi connectivity index (χ1v) is 7.58. The second-order valence-electron chi connectivity index (χ2n) is 5.17. The molecule has 0 aliphatic heterocycles. The van der Waals surface area contributed by atoms with Crippen LogP contribution in [-0.2, 0) is 6.42 Å². The maximum atomic E-state index is 10.5. The van der Waals surface area contributed by atoms with Gasteiger partial charge in [-0.15, -0.1) is 0 Å². The van der Waals surface area contributed by atoms with Gasteiger partial charge in [0.25, 0.3) is 0 Å². The first kappa shape index (κ1) is 15.9. The second-order valence-corrected chi connectivity index (χ2v) is 6.08. The summed E-state index contributed by atoms with van der Waals surface area (Å²) in [4.78, 5) is 2.02. The summed E-state index contributed by atoms with van der Waals surface area (Å²) in [6.45, 7) is 0. The molecule has 4 heteroatoms. The molecule has 0 heterocycles. The van der Waals surface area contributed by atoms with Crippen LogP contribution in [0.25, 0.3) is 0 Å². The molecule has 1 unspecified atom stereocenters. The summed E-state index contributed by atoms with van der Waals surface area (Å²) >= 11 is 3.46. The molecular formula is C17H20BrNO2. The zero-order valence-electron chi connectivity index (χ0n) is 12.5. The number of aliphatic hydroxyl groups is 1. The van der Waals surface area contributed by atoms with Crippen LogP contribution in [0.5, 0.6) is 5.75 Å². The minimum Gasteiger partial charge on any atom is -0.496 e. The molecule has 2 rings (SSSR count). The number of hydrogen-bond donors (Lipinski definition) is 1. The predicted octanol–water partition coefficient (Wildman–Crippen LogP) is 3.80. The van der Waals surface area contributed by atoms with Crippen LogP contribution in [0.4, 0.5) is 5.69 Å². The number of ether oxygens (including phenoxy) is 1. The van der Waals surface area contributed by atoms with E-state index < -0.39 is 6.10 Å². The number of anilines is 1. The van der Waals surface area contributed by atoms with Crippen LogP contribution in [0, 0.1) is 0 Å². The Labute approximate surface area is 134 Å². The van der Waals surface area contributed by atoms with Gasteiger partial charge < -0.3 is 14.7 Å². The van der Waals surface area contributed by atoms with E-state index in [1.807, 2.05) is 61.5 Å². The van der Waals surface area contributed by atoms with Gasteiger partial charge in [0.15, 0.2) is 0 Å². The number of rotatable bonds is 5. The SMILES string of the molecule is COc1ccc(Br)cc1CC(O)c1cccc(N(C)C)c1. The molecule has 0 bridgehead atoms. The number of hydrogen-bond acceptors (Lipinski definition) is 3. The van der Waals surface area contributed by atoms with Gasteiger partial charge in [-0.25, -0.2) is 0 Å². The molecule has 0 spiro atoms.